The van der Waals surface area contributed by atoms with Crippen LogP contribution < -0.4 is 10.9 Å². The van der Waals surface area contributed by atoms with Crippen molar-refractivity contribution in [3.05, 3.63) is 92.0 Å². The van der Waals surface area contributed by atoms with Crippen molar-refractivity contribution in [3.8, 4) is 0 Å². The third-order valence-electron chi connectivity index (χ3n) is 6.41. The monoisotopic (exact) mass is 468 g/mol. The summed E-state index contributed by atoms with van der Waals surface area (Å²) >= 11 is 0. The number of hydrogen-bond donors (Lipinski definition) is 2. The summed E-state index contributed by atoms with van der Waals surface area (Å²) in [5.74, 6) is 0. The Morgan fingerprint density at radius 1 is 1.15 bits per heavy atom. The van der Waals surface area contributed by atoms with Crippen molar-refractivity contribution in [2.24, 2.45) is 0 Å². The van der Waals surface area contributed by atoms with Gasteiger partial charge >= 0.3 is 0 Å². The van der Waals surface area contributed by atoms with Crippen LogP contribution in [0.3, 0.4) is 0 Å². The van der Waals surface area contributed by atoms with Gasteiger partial charge in [-0.05, 0) is 48.0 Å². The van der Waals surface area contributed by atoms with E-state index in [2.05, 4.69) is 44.2 Å². The maximum atomic E-state index is 11.7. The molecule has 3 rings (SSSR count). The second-order valence-electron chi connectivity index (χ2n) is 9.75. The molecule has 0 aliphatic carbocycles. The highest BCUT2D eigenvalue weighted by molar-refractivity contribution is 6.74. The Labute approximate surface area is 195 Å². The summed E-state index contributed by atoms with van der Waals surface area (Å²) in [5.41, 5.74) is 3.18. The maximum absolute atomic E-state index is 11.7. The fraction of sp³-hybridized carbons (Fsp3) is 0.375. The van der Waals surface area contributed by atoms with E-state index in [-0.39, 0.29) is 21.2 Å². The molecule has 33 heavy (non-hydrogen) atoms. The van der Waals surface area contributed by atoms with Gasteiger partial charge in [-0.3, -0.25) is 14.9 Å². The third-order valence-corrected chi connectivity index (χ3v) is 10.9. The SMILES string of the molecule is CN1C(c2ccc(=O)[nH]c2)=CC=C([N+](=O)[O-])C1Nc1ccc(CO[Si](C)(C)C(C)(C)C)cc1. The first-order valence-corrected chi connectivity index (χ1v) is 13.8. The topological polar surface area (TPSA) is 100 Å². The number of hydrogen-bond acceptors (Lipinski definition) is 6. The number of nitrogens with zero attached hydrogens (tertiary/aromatic N) is 2. The minimum Gasteiger partial charge on any atom is -0.413 e. The molecule has 0 fully saturated rings. The summed E-state index contributed by atoms with van der Waals surface area (Å²) in [6, 6.07) is 10.9. The van der Waals surface area contributed by atoms with Crippen LogP contribution in [0.15, 0.2) is 65.2 Å². The van der Waals surface area contributed by atoms with Crippen molar-refractivity contribution >= 4 is 19.7 Å². The standard InChI is InChI=1S/C24H32N4O4Si/c1-24(2,3)33(5,6)32-16-17-7-10-19(11-8-17)26-23-21(28(30)31)13-12-20(27(23)4)18-9-14-22(29)25-15-18/h7-15,23,26H,16H2,1-6H3,(H,25,29). The van der Waals surface area contributed by atoms with Gasteiger partial charge in [-0.1, -0.05) is 32.9 Å². The van der Waals surface area contributed by atoms with E-state index >= 15 is 0 Å². The van der Waals surface area contributed by atoms with Gasteiger partial charge in [0.2, 0.25) is 5.56 Å². The number of nitrogens with one attached hydrogen (secondary N) is 2. The van der Waals surface area contributed by atoms with Crippen molar-refractivity contribution in [2.75, 3.05) is 12.4 Å². The van der Waals surface area contributed by atoms with Crippen molar-refractivity contribution in [1.29, 1.82) is 0 Å². The molecule has 2 heterocycles. The second-order valence-corrected chi connectivity index (χ2v) is 14.6. The minimum atomic E-state index is -1.84. The summed E-state index contributed by atoms with van der Waals surface area (Å²) < 4.78 is 6.29. The number of aromatic amines is 1. The smallest absolute Gasteiger partial charge is 0.288 e. The number of aromatic nitrogens is 1. The Bertz CT molecular complexity index is 1110. The van der Waals surface area contributed by atoms with Crippen LogP contribution in [0.5, 0.6) is 0 Å². The van der Waals surface area contributed by atoms with E-state index in [4.69, 9.17) is 4.43 Å². The minimum absolute atomic E-state index is 0.0380. The zero-order chi connectivity index (χ0) is 24.4. The number of pyridine rings is 1. The van der Waals surface area contributed by atoms with E-state index in [1.165, 1.54) is 12.1 Å². The van der Waals surface area contributed by atoms with Crippen LogP contribution in [0, 0.1) is 10.1 Å². The predicted molar refractivity (Wildman–Crippen MR) is 134 cm³/mol. The first-order chi connectivity index (χ1) is 15.4. The molecule has 9 heteroatoms. The number of likely N-dealkylation sites (N-methyl/N-ethyl adjacent to an activating group) is 1. The summed E-state index contributed by atoms with van der Waals surface area (Å²) in [5, 5.41) is 15.1. The van der Waals surface area contributed by atoms with Crippen LogP contribution in [0.25, 0.3) is 5.70 Å². The highest BCUT2D eigenvalue weighted by Gasteiger charge is 2.37. The van der Waals surface area contributed by atoms with Crippen LogP contribution in [-0.2, 0) is 11.0 Å². The van der Waals surface area contributed by atoms with E-state index in [9.17, 15) is 14.9 Å². The molecule has 0 bridgehead atoms. The van der Waals surface area contributed by atoms with Crippen LogP contribution in [0.2, 0.25) is 18.1 Å². The summed E-state index contributed by atoms with van der Waals surface area (Å²) in [4.78, 5) is 27.1. The molecule has 0 amide bonds. The fourth-order valence-electron chi connectivity index (χ4n) is 3.25. The Kier molecular flexibility index (Phi) is 6.94. The molecule has 1 aliphatic rings. The zero-order valence-corrected chi connectivity index (χ0v) is 21.0. The van der Waals surface area contributed by atoms with Gasteiger partial charge in [0, 0.05) is 42.3 Å². The third kappa shape index (κ3) is 5.61. The van der Waals surface area contributed by atoms with E-state index < -0.39 is 14.5 Å². The van der Waals surface area contributed by atoms with E-state index in [1.807, 2.05) is 24.3 Å². The maximum Gasteiger partial charge on any atom is 0.288 e. The molecule has 0 saturated heterocycles. The van der Waals surface area contributed by atoms with Crippen LogP contribution >= 0.6 is 0 Å². The van der Waals surface area contributed by atoms with Gasteiger partial charge in [0.05, 0.1) is 11.5 Å². The number of allylic oxidation sites excluding steroid dienone is 2. The Morgan fingerprint density at radius 2 is 1.82 bits per heavy atom. The van der Waals surface area contributed by atoms with Gasteiger partial charge < -0.3 is 19.6 Å². The molecule has 2 aromatic rings. The number of nitro groups is 1. The van der Waals surface area contributed by atoms with Gasteiger partial charge in [-0.25, -0.2) is 0 Å². The normalized spacial score (nSPS) is 16.8. The molecule has 1 atom stereocenters. The highest BCUT2D eigenvalue weighted by atomic mass is 28.4. The van der Waals surface area contributed by atoms with Crippen LogP contribution in [0.4, 0.5) is 5.69 Å². The van der Waals surface area contributed by atoms with E-state index in [0.717, 1.165) is 22.5 Å². The van der Waals surface area contributed by atoms with E-state index in [1.54, 1.807) is 30.3 Å². The van der Waals surface area contributed by atoms with Gasteiger partial charge in [-0.15, -0.1) is 0 Å². The molecule has 0 spiro atoms. The molecular weight excluding hydrogens is 436 g/mol. The Hall–Kier alpha value is -3.17. The van der Waals surface area contributed by atoms with E-state index in [0.29, 0.717) is 6.61 Å². The first-order valence-electron chi connectivity index (χ1n) is 10.9. The number of benzene rings is 1. The van der Waals surface area contributed by atoms with Crippen molar-refractivity contribution in [2.45, 2.75) is 51.7 Å². The molecular formula is C24H32N4O4Si. The molecule has 176 valence electrons. The molecule has 0 radical (unpaired) electrons. The lowest BCUT2D eigenvalue weighted by atomic mass is 10.1. The lowest BCUT2D eigenvalue weighted by Gasteiger charge is -2.36. The molecule has 1 aliphatic heterocycles. The number of anilines is 1. The van der Waals surface area contributed by atoms with Gasteiger partial charge in [-0.2, -0.15) is 0 Å². The molecule has 2 N–H and O–H groups in total. The second kappa shape index (κ2) is 9.36. The summed E-state index contributed by atoms with van der Waals surface area (Å²) in [6.45, 7) is 11.6. The predicted octanol–water partition coefficient (Wildman–Crippen LogP) is 4.78. The molecule has 1 unspecified atom stereocenters. The molecule has 1 aromatic heterocycles. The lowest BCUT2D eigenvalue weighted by molar-refractivity contribution is -0.431. The van der Waals surface area contributed by atoms with Gasteiger partial charge in [0.1, 0.15) is 0 Å². The van der Waals surface area contributed by atoms with Gasteiger partial charge in [0.25, 0.3) is 5.70 Å². The first kappa shape index (κ1) is 24.5. The summed E-state index contributed by atoms with van der Waals surface area (Å²) in [7, 11) is -0.0596. The van der Waals surface area contributed by atoms with Crippen LogP contribution in [-0.4, -0.2) is 36.3 Å². The zero-order valence-electron chi connectivity index (χ0n) is 20.0. The lowest BCUT2D eigenvalue weighted by Crippen LogP contribution is -2.42. The van der Waals surface area contributed by atoms with Crippen molar-refractivity contribution in [1.82, 2.24) is 9.88 Å². The average molecular weight is 469 g/mol. The van der Waals surface area contributed by atoms with Crippen molar-refractivity contribution < 1.29 is 9.35 Å². The molecule has 1 aromatic carbocycles. The highest BCUT2D eigenvalue weighted by Crippen LogP contribution is 2.37. The number of H-pyrrole nitrogens is 1. The van der Waals surface area contributed by atoms with Crippen LogP contribution in [0.1, 0.15) is 31.9 Å². The Morgan fingerprint density at radius 3 is 2.36 bits per heavy atom. The fourth-order valence-corrected chi connectivity index (χ4v) is 4.21. The van der Waals surface area contributed by atoms with Crippen molar-refractivity contribution in [3.63, 3.8) is 0 Å². The summed E-state index contributed by atoms with van der Waals surface area (Å²) in [6.07, 6.45) is 4.11. The number of rotatable bonds is 7. The molecule has 8 nitrogen and oxygen atoms in total. The van der Waals surface area contributed by atoms with Gasteiger partial charge in [0.15, 0.2) is 14.5 Å². The average Bonchev–Trinajstić information content (AvgIpc) is 2.74. The Balaban J connectivity index is 1.76. The quantitative estimate of drug-likeness (QED) is 0.344. The largest absolute Gasteiger partial charge is 0.413 e. The molecule has 0 saturated carbocycles.